The van der Waals surface area contributed by atoms with Gasteiger partial charge < -0.3 is 15.0 Å². The fourth-order valence-corrected chi connectivity index (χ4v) is 2.27. The molecule has 0 aliphatic carbocycles. The molecule has 4 nitrogen and oxygen atoms in total. The first-order chi connectivity index (χ1) is 9.12. The lowest BCUT2D eigenvalue weighted by atomic mass is 10.0. The van der Waals surface area contributed by atoms with Gasteiger partial charge in [0.1, 0.15) is 5.69 Å². The molecule has 0 aliphatic rings. The predicted molar refractivity (Wildman–Crippen MR) is 77.6 cm³/mol. The van der Waals surface area contributed by atoms with Crippen molar-refractivity contribution < 1.29 is 9.90 Å². The molecule has 0 bridgehead atoms. The van der Waals surface area contributed by atoms with Crippen LogP contribution < -0.4 is 5.32 Å². The Morgan fingerprint density at radius 2 is 2.26 bits per heavy atom. The van der Waals surface area contributed by atoms with Gasteiger partial charge in [-0.2, -0.15) is 0 Å². The third-order valence-electron chi connectivity index (χ3n) is 3.23. The molecule has 108 valence electrons. The van der Waals surface area contributed by atoms with Crippen LogP contribution in [0.3, 0.4) is 0 Å². The van der Waals surface area contributed by atoms with Gasteiger partial charge in [-0.1, -0.05) is 31.9 Å². The fourth-order valence-electron chi connectivity index (χ4n) is 2.05. The molecule has 1 unspecified atom stereocenters. The molecule has 1 aromatic rings. The van der Waals surface area contributed by atoms with Crippen molar-refractivity contribution in [1.29, 1.82) is 0 Å². The van der Waals surface area contributed by atoms with Crippen molar-refractivity contribution >= 4 is 17.5 Å². The first-order valence-corrected chi connectivity index (χ1v) is 7.24. The molecule has 1 heterocycles. The molecule has 1 aromatic heterocycles. The van der Waals surface area contributed by atoms with Crippen molar-refractivity contribution in [3.8, 4) is 0 Å². The van der Waals surface area contributed by atoms with Crippen LogP contribution in [0.2, 0.25) is 5.02 Å². The number of hydrogen-bond acceptors (Lipinski definition) is 2. The monoisotopic (exact) mass is 286 g/mol. The summed E-state index contributed by atoms with van der Waals surface area (Å²) in [5.41, 5.74) is 0.603. The molecule has 0 aromatic carbocycles. The second kappa shape index (κ2) is 8.23. The number of carbonyl (C=O) groups is 1. The second-order valence-electron chi connectivity index (χ2n) is 4.73. The summed E-state index contributed by atoms with van der Waals surface area (Å²) in [4.78, 5) is 12.1. The van der Waals surface area contributed by atoms with E-state index in [1.54, 1.807) is 12.3 Å². The fraction of sp³-hybridized carbons (Fsp3) is 0.643. The standard InChI is InChI=1S/C14H23ClN2O2/c1-3-6-17-10-12(15)8-13(17)14(19)16-9-11(4-2)5-7-18/h8,10-11,18H,3-7,9H2,1-2H3,(H,16,19). The predicted octanol–water partition coefficient (Wildman–Crippen LogP) is 2.69. The van der Waals surface area contributed by atoms with E-state index in [9.17, 15) is 4.79 Å². The number of aliphatic hydroxyl groups excluding tert-OH is 1. The van der Waals surface area contributed by atoms with Crippen LogP contribution in [0.15, 0.2) is 12.3 Å². The second-order valence-corrected chi connectivity index (χ2v) is 5.17. The van der Waals surface area contributed by atoms with Crippen molar-refractivity contribution in [2.75, 3.05) is 13.2 Å². The van der Waals surface area contributed by atoms with Crippen molar-refractivity contribution in [2.45, 2.75) is 39.7 Å². The van der Waals surface area contributed by atoms with Crippen LogP contribution in [0, 0.1) is 5.92 Å². The van der Waals surface area contributed by atoms with Crippen LogP contribution >= 0.6 is 11.6 Å². The molecule has 0 radical (unpaired) electrons. The molecule has 2 N–H and O–H groups in total. The minimum Gasteiger partial charge on any atom is -0.396 e. The van der Waals surface area contributed by atoms with Gasteiger partial charge in [0.15, 0.2) is 0 Å². The normalized spacial score (nSPS) is 12.4. The van der Waals surface area contributed by atoms with E-state index in [0.29, 0.717) is 29.6 Å². The summed E-state index contributed by atoms with van der Waals surface area (Å²) in [5.74, 6) is 0.218. The number of nitrogens with one attached hydrogen (secondary N) is 1. The van der Waals surface area contributed by atoms with Crippen LogP contribution in [0.5, 0.6) is 0 Å². The lowest BCUT2D eigenvalue weighted by molar-refractivity contribution is 0.0934. The van der Waals surface area contributed by atoms with Gasteiger partial charge in [-0.15, -0.1) is 0 Å². The minimum absolute atomic E-state index is 0.100. The Hall–Kier alpha value is -1.00. The number of nitrogens with zero attached hydrogens (tertiary/aromatic N) is 1. The zero-order valence-electron chi connectivity index (χ0n) is 11.7. The Balaban J connectivity index is 2.62. The number of carbonyl (C=O) groups excluding carboxylic acids is 1. The van der Waals surface area contributed by atoms with Gasteiger partial charge in [0.25, 0.3) is 5.91 Å². The van der Waals surface area contributed by atoms with Crippen LogP contribution in [0.1, 0.15) is 43.6 Å². The van der Waals surface area contributed by atoms with E-state index in [-0.39, 0.29) is 12.5 Å². The van der Waals surface area contributed by atoms with Gasteiger partial charge in [0.2, 0.25) is 0 Å². The van der Waals surface area contributed by atoms with E-state index < -0.39 is 0 Å². The summed E-state index contributed by atoms with van der Waals surface area (Å²) < 4.78 is 1.88. The topological polar surface area (TPSA) is 54.3 Å². The van der Waals surface area contributed by atoms with Crippen molar-refractivity contribution in [3.05, 3.63) is 23.0 Å². The van der Waals surface area contributed by atoms with Crippen LogP contribution in [0.4, 0.5) is 0 Å². The van der Waals surface area contributed by atoms with E-state index in [2.05, 4.69) is 19.2 Å². The lowest BCUT2D eigenvalue weighted by Crippen LogP contribution is -2.31. The summed E-state index contributed by atoms with van der Waals surface area (Å²) in [6, 6.07) is 1.69. The zero-order chi connectivity index (χ0) is 14.3. The maximum Gasteiger partial charge on any atom is 0.267 e. The summed E-state index contributed by atoms with van der Waals surface area (Å²) in [6.07, 6.45) is 4.39. The highest BCUT2D eigenvalue weighted by molar-refractivity contribution is 6.31. The van der Waals surface area contributed by atoms with Crippen LogP contribution in [-0.4, -0.2) is 28.7 Å². The Morgan fingerprint density at radius 1 is 1.53 bits per heavy atom. The average molecular weight is 287 g/mol. The molecule has 0 fully saturated rings. The highest BCUT2D eigenvalue weighted by atomic mass is 35.5. The molecule has 0 saturated heterocycles. The number of amides is 1. The third-order valence-corrected chi connectivity index (χ3v) is 3.43. The molecule has 0 spiro atoms. The lowest BCUT2D eigenvalue weighted by Gasteiger charge is -2.15. The third kappa shape index (κ3) is 4.88. The first-order valence-electron chi connectivity index (χ1n) is 6.87. The van der Waals surface area contributed by atoms with E-state index in [1.165, 1.54) is 0 Å². The Bertz CT molecular complexity index is 404. The maximum atomic E-state index is 12.1. The minimum atomic E-state index is -0.100. The summed E-state index contributed by atoms with van der Waals surface area (Å²) in [6.45, 7) is 5.65. The smallest absolute Gasteiger partial charge is 0.267 e. The van der Waals surface area contributed by atoms with Crippen LogP contribution in [0.25, 0.3) is 0 Å². The summed E-state index contributed by atoms with van der Waals surface area (Å²) in [5, 5.41) is 12.4. The van der Waals surface area contributed by atoms with Crippen molar-refractivity contribution in [3.63, 3.8) is 0 Å². The average Bonchev–Trinajstić information content (AvgIpc) is 2.75. The number of aryl methyl sites for hydroxylation is 1. The van der Waals surface area contributed by atoms with Crippen LogP contribution in [-0.2, 0) is 6.54 Å². The summed E-state index contributed by atoms with van der Waals surface area (Å²) in [7, 11) is 0. The van der Waals surface area contributed by atoms with E-state index in [1.807, 2.05) is 4.57 Å². The van der Waals surface area contributed by atoms with Gasteiger partial charge in [0.05, 0.1) is 5.02 Å². The first kappa shape index (κ1) is 16.1. The van der Waals surface area contributed by atoms with Gasteiger partial charge >= 0.3 is 0 Å². The molecule has 5 heteroatoms. The quantitative estimate of drug-likeness (QED) is 0.772. The molecule has 1 atom stereocenters. The Morgan fingerprint density at radius 3 is 2.84 bits per heavy atom. The van der Waals surface area contributed by atoms with Gasteiger partial charge in [-0.25, -0.2) is 0 Å². The molecule has 0 aliphatic heterocycles. The SMILES string of the molecule is CCCn1cc(Cl)cc1C(=O)NCC(CC)CCO. The molecule has 19 heavy (non-hydrogen) atoms. The highest BCUT2D eigenvalue weighted by Gasteiger charge is 2.14. The number of aromatic nitrogens is 1. The summed E-state index contributed by atoms with van der Waals surface area (Å²) >= 11 is 5.95. The molecule has 1 rings (SSSR count). The van der Waals surface area contributed by atoms with Gasteiger partial charge in [0, 0.05) is 25.9 Å². The number of rotatable bonds is 8. The van der Waals surface area contributed by atoms with Gasteiger partial charge in [-0.05, 0) is 24.8 Å². The molecular formula is C14H23ClN2O2. The Labute approximate surface area is 119 Å². The number of hydrogen-bond donors (Lipinski definition) is 2. The largest absolute Gasteiger partial charge is 0.396 e. The highest BCUT2D eigenvalue weighted by Crippen LogP contribution is 2.15. The molecule has 0 saturated carbocycles. The number of halogens is 1. The van der Waals surface area contributed by atoms with E-state index in [0.717, 1.165) is 19.4 Å². The maximum absolute atomic E-state index is 12.1. The number of aliphatic hydroxyl groups is 1. The Kier molecular flexibility index (Phi) is 6.95. The van der Waals surface area contributed by atoms with Crippen molar-refractivity contribution in [1.82, 2.24) is 9.88 Å². The molecular weight excluding hydrogens is 264 g/mol. The van der Waals surface area contributed by atoms with Gasteiger partial charge in [-0.3, -0.25) is 4.79 Å². The molecule has 1 amide bonds. The van der Waals surface area contributed by atoms with E-state index in [4.69, 9.17) is 16.7 Å². The van der Waals surface area contributed by atoms with E-state index >= 15 is 0 Å². The van der Waals surface area contributed by atoms with Crippen molar-refractivity contribution in [2.24, 2.45) is 5.92 Å². The zero-order valence-corrected chi connectivity index (χ0v) is 12.4.